The molecule has 1 amide bonds. The third-order valence-corrected chi connectivity index (χ3v) is 5.05. The first-order valence-corrected chi connectivity index (χ1v) is 9.49. The number of aromatic nitrogens is 3. The molecule has 4 rings (SSSR count). The molecule has 2 aromatic heterocycles. The summed E-state index contributed by atoms with van der Waals surface area (Å²) in [6.07, 6.45) is 7.84. The van der Waals surface area contributed by atoms with E-state index in [0.29, 0.717) is 23.9 Å². The summed E-state index contributed by atoms with van der Waals surface area (Å²) in [5.41, 5.74) is 1.09. The lowest BCUT2D eigenvalue weighted by Crippen LogP contribution is -2.41. The van der Waals surface area contributed by atoms with Crippen LogP contribution < -0.4 is 0 Å². The minimum Gasteiger partial charge on any atom is -0.445 e. The molecule has 27 heavy (non-hydrogen) atoms. The lowest BCUT2D eigenvalue weighted by molar-refractivity contribution is -0.133. The van der Waals surface area contributed by atoms with E-state index in [9.17, 15) is 4.79 Å². The first-order chi connectivity index (χ1) is 13.2. The summed E-state index contributed by atoms with van der Waals surface area (Å²) in [7, 11) is 0. The summed E-state index contributed by atoms with van der Waals surface area (Å²) < 4.78 is 7.64. The molecule has 1 saturated heterocycles. The van der Waals surface area contributed by atoms with Crippen LogP contribution >= 0.6 is 11.6 Å². The molecule has 1 aromatic carbocycles. The van der Waals surface area contributed by atoms with E-state index in [-0.39, 0.29) is 18.4 Å². The van der Waals surface area contributed by atoms with Crippen LogP contribution in [0.2, 0.25) is 5.02 Å². The number of rotatable bonds is 5. The molecule has 0 spiro atoms. The molecule has 3 heterocycles. The van der Waals surface area contributed by atoms with Crippen LogP contribution in [0.3, 0.4) is 0 Å². The third-order valence-electron chi connectivity index (χ3n) is 4.82. The summed E-state index contributed by atoms with van der Waals surface area (Å²) in [6, 6.07) is 9.55. The van der Waals surface area contributed by atoms with Gasteiger partial charge < -0.3 is 9.32 Å². The van der Waals surface area contributed by atoms with Gasteiger partial charge in [0.25, 0.3) is 0 Å². The van der Waals surface area contributed by atoms with Crippen molar-refractivity contribution in [2.24, 2.45) is 0 Å². The molecule has 140 valence electrons. The molecule has 1 unspecified atom stereocenters. The molecule has 0 N–H and O–H groups in total. The Morgan fingerprint density at radius 2 is 2.26 bits per heavy atom. The van der Waals surface area contributed by atoms with Crippen LogP contribution in [0.15, 0.2) is 53.3 Å². The Morgan fingerprint density at radius 3 is 3.07 bits per heavy atom. The maximum atomic E-state index is 12.5. The Morgan fingerprint density at radius 1 is 1.33 bits per heavy atom. The monoisotopic (exact) mass is 384 g/mol. The standard InChI is InChI=1S/C20H21ClN4O2/c21-17-6-1-4-15(10-17)11-18-12-22-20(27-18)16-5-2-8-24(13-16)19(26)14-25-9-3-7-23-25/h1,3-4,6-7,9-10,12,16H,2,5,8,11,13-14H2. The number of amides is 1. The van der Waals surface area contributed by atoms with Crippen molar-refractivity contribution in [2.45, 2.75) is 31.7 Å². The zero-order chi connectivity index (χ0) is 18.6. The highest BCUT2D eigenvalue weighted by Gasteiger charge is 2.28. The van der Waals surface area contributed by atoms with Crippen molar-refractivity contribution < 1.29 is 9.21 Å². The molecule has 0 saturated carbocycles. The molecule has 0 bridgehead atoms. The SMILES string of the molecule is O=C(Cn1cccn1)N1CCCC(c2ncc(Cc3cccc(Cl)c3)o2)C1. The lowest BCUT2D eigenvalue weighted by Gasteiger charge is -2.31. The fourth-order valence-electron chi connectivity index (χ4n) is 3.48. The van der Waals surface area contributed by atoms with Crippen LogP contribution in [0.1, 0.15) is 36.0 Å². The first-order valence-electron chi connectivity index (χ1n) is 9.11. The number of carbonyl (C=O) groups is 1. The van der Waals surface area contributed by atoms with Gasteiger partial charge in [-0.25, -0.2) is 4.98 Å². The largest absolute Gasteiger partial charge is 0.445 e. The van der Waals surface area contributed by atoms with Crippen LogP contribution in [0, 0.1) is 0 Å². The van der Waals surface area contributed by atoms with E-state index in [0.717, 1.165) is 30.7 Å². The predicted octanol–water partition coefficient (Wildman–Crippen LogP) is 3.52. The summed E-state index contributed by atoms with van der Waals surface area (Å²) in [5, 5.41) is 4.82. The van der Waals surface area contributed by atoms with Crippen molar-refractivity contribution in [1.29, 1.82) is 0 Å². The number of oxazole rings is 1. The van der Waals surface area contributed by atoms with Gasteiger partial charge in [-0.2, -0.15) is 5.10 Å². The van der Waals surface area contributed by atoms with E-state index in [1.807, 2.05) is 35.2 Å². The van der Waals surface area contributed by atoms with Gasteiger partial charge in [0.15, 0.2) is 5.89 Å². The number of hydrogen-bond donors (Lipinski definition) is 0. The maximum absolute atomic E-state index is 12.5. The van der Waals surface area contributed by atoms with Gasteiger partial charge in [0.2, 0.25) is 5.91 Å². The number of carbonyl (C=O) groups excluding carboxylic acids is 1. The molecule has 0 radical (unpaired) electrons. The normalized spacial score (nSPS) is 17.2. The fourth-order valence-corrected chi connectivity index (χ4v) is 3.69. The highest BCUT2D eigenvalue weighted by Crippen LogP contribution is 2.27. The molecule has 1 fully saturated rings. The Balaban J connectivity index is 1.39. The summed E-state index contributed by atoms with van der Waals surface area (Å²) in [5.74, 6) is 1.73. The van der Waals surface area contributed by atoms with Crippen molar-refractivity contribution in [3.05, 3.63) is 71.2 Å². The Kier molecular flexibility index (Phi) is 5.25. The van der Waals surface area contributed by atoms with E-state index in [1.165, 1.54) is 0 Å². The smallest absolute Gasteiger partial charge is 0.244 e. The number of benzene rings is 1. The van der Waals surface area contributed by atoms with Crippen LogP contribution in [0.5, 0.6) is 0 Å². The van der Waals surface area contributed by atoms with E-state index in [4.69, 9.17) is 16.0 Å². The van der Waals surface area contributed by atoms with Crippen molar-refractivity contribution in [1.82, 2.24) is 19.7 Å². The number of halogens is 1. The van der Waals surface area contributed by atoms with E-state index in [1.54, 1.807) is 23.3 Å². The van der Waals surface area contributed by atoms with Gasteiger partial charge in [0.05, 0.1) is 12.1 Å². The Labute approximate surface area is 162 Å². The minimum atomic E-state index is 0.0779. The summed E-state index contributed by atoms with van der Waals surface area (Å²) in [4.78, 5) is 18.9. The molecule has 1 atom stereocenters. The minimum absolute atomic E-state index is 0.0779. The van der Waals surface area contributed by atoms with E-state index < -0.39 is 0 Å². The first kappa shape index (κ1) is 17.8. The van der Waals surface area contributed by atoms with Crippen molar-refractivity contribution in [3.63, 3.8) is 0 Å². The number of hydrogen-bond acceptors (Lipinski definition) is 4. The number of piperidine rings is 1. The van der Waals surface area contributed by atoms with Gasteiger partial charge in [0.1, 0.15) is 12.3 Å². The lowest BCUT2D eigenvalue weighted by atomic mass is 9.98. The molecular weight excluding hydrogens is 364 g/mol. The quantitative estimate of drug-likeness (QED) is 0.675. The molecule has 0 aliphatic carbocycles. The van der Waals surface area contributed by atoms with Gasteiger partial charge in [-0.05, 0) is 36.6 Å². The summed E-state index contributed by atoms with van der Waals surface area (Å²) in [6.45, 7) is 1.68. The molecule has 7 heteroatoms. The van der Waals surface area contributed by atoms with Gasteiger partial charge >= 0.3 is 0 Å². The van der Waals surface area contributed by atoms with Gasteiger partial charge in [-0.15, -0.1) is 0 Å². The van der Waals surface area contributed by atoms with Crippen molar-refractivity contribution in [2.75, 3.05) is 13.1 Å². The van der Waals surface area contributed by atoms with Gasteiger partial charge in [-0.1, -0.05) is 23.7 Å². The molecule has 1 aliphatic heterocycles. The van der Waals surface area contributed by atoms with E-state index >= 15 is 0 Å². The van der Waals surface area contributed by atoms with Crippen LogP contribution in [-0.4, -0.2) is 38.7 Å². The molecule has 1 aliphatic rings. The van der Waals surface area contributed by atoms with Crippen LogP contribution in [-0.2, 0) is 17.8 Å². The fraction of sp³-hybridized carbons (Fsp3) is 0.350. The second-order valence-corrected chi connectivity index (χ2v) is 7.29. The van der Waals surface area contributed by atoms with Gasteiger partial charge in [0, 0.05) is 36.9 Å². The third kappa shape index (κ3) is 4.39. The topological polar surface area (TPSA) is 64.2 Å². The number of nitrogens with zero attached hydrogens (tertiary/aromatic N) is 4. The molecular formula is C20H21ClN4O2. The predicted molar refractivity (Wildman–Crippen MR) is 102 cm³/mol. The maximum Gasteiger partial charge on any atom is 0.244 e. The van der Waals surface area contributed by atoms with E-state index in [2.05, 4.69) is 10.1 Å². The number of likely N-dealkylation sites (tertiary alicyclic amines) is 1. The van der Waals surface area contributed by atoms with Gasteiger partial charge in [-0.3, -0.25) is 9.48 Å². The Bertz CT molecular complexity index is 906. The van der Waals surface area contributed by atoms with Crippen LogP contribution in [0.4, 0.5) is 0 Å². The van der Waals surface area contributed by atoms with Crippen LogP contribution in [0.25, 0.3) is 0 Å². The average molecular weight is 385 g/mol. The summed E-state index contributed by atoms with van der Waals surface area (Å²) >= 11 is 6.04. The zero-order valence-electron chi connectivity index (χ0n) is 14.9. The Hall–Kier alpha value is -2.60. The molecule has 3 aromatic rings. The average Bonchev–Trinajstić information content (AvgIpc) is 3.34. The molecule has 6 nitrogen and oxygen atoms in total. The zero-order valence-corrected chi connectivity index (χ0v) is 15.7. The highest BCUT2D eigenvalue weighted by molar-refractivity contribution is 6.30. The van der Waals surface area contributed by atoms with Crippen molar-refractivity contribution in [3.8, 4) is 0 Å². The highest BCUT2D eigenvalue weighted by atomic mass is 35.5. The second-order valence-electron chi connectivity index (χ2n) is 6.85. The second kappa shape index (κ2) is 7.96. The van der Waals surface area contributed by atoms with Crippen molar-refractivity contribution >= 4 is 17.5 Å².